The van der Waals surface area contributed by atoms with Gasteiger partial charge in [0, 0.05) is 38.8 Å². The number of hydrogen-bond acceptors (Lipinski definition) is 6. The van der Waals surface area contributed by atoms with Crippen LogP contribution in [-0.4, -0.2) is 86.8 Å². The fourth-order valence-corrected chi connectivity index (χ4v) is 3.98. The van der Waals surface area contributed by atoms with Gasteiger partial charge in [0.05, 0.1) is 25.4 Å². The van der Waals surface area contributed by atoms with Gasteiger partial charge in [-0.3, -0.25) is 9.69 Å². The number of aliphatic hydroxyl groups is 1. The number of methoxy groups -OCH3 is 1. The molecule has 24 heavy (non-hydrogen) atoms. The van der Waals surface area contributed by atoms with Crippen LogP contribution in [0.15, 0.2) is 0 Å². The maximum atomic E-state index is 12.3. The fourth-order valence-electron chi connectivity index (χ4n) is 3.98. The van der Waals surface area contributed by atoms with E-state index in [1.807, 2.05) is 0 Å². The third-order valence-corrected chi connectivity index (χ3v) is 5.48. The van der Waals surface area contributed by atoms with Crippen LogP contribution in [0.25, 0.3) is 0 Å². The molecular formula is C17H30N2O5. The van der Waals surface area contributed by atoms with Crippen LogP contribution in [0.3, 0.4) is 0 Å². The molecule has 3 rings (SSSR count). The van der Waals surface area contributed by atoms with E-state index in [2.05, 4.69) is 10.2 Å². The van der Waals surface area contributed by atoms with E-state index in [1.165, 1.54) is 0 Å². The Kier molecular flexibility index (Phi) is 6.46. The Morgan fingerprint density at radius 2 is 2.12 bits per heavy atom. The number of rotatable bonds is 6. The number of carbonyl (C=O) groups excluding carboxylic acids is 1. The molecule has 0 radical (unpaired) electrons. The molecule has 0 bridgehead atoms. The molecule has 138 valence electrons. The predicted octanol–water partition coefficient (Wildman–Crippen LogP) is -0.232. The molecular weight excluding hydrogens is 312 g/mol. The van der Waals surface area contributed by atoms with E-state index in [4.69, 9.17) is 14.2 Å². The number of hydrogen-bond donors (Lipinski definition) is 2. The van der Waals surface area contributed by atoms with Crippen molar-refractivity contribution in [2.75, 3.05) is 46.6 Å². The smallest absolute Gasteiger partial charge is 0.223 e. The Morgan fingerprint density at radius 1 is 1.33 bits per heavy atom. The lowest BCUT2D eigenvalue weighted by Crippen LogP contribution is -2.49. The Bertz CT molecular complexity index is 416. The summed E-state index contributed by atoms with van der Waals surface area (Å²) in [7, 11) is 1.72. The SMILES string of the molecule is COCC1CCCN1CC1OCC(NC(=O)C2CCOCC2)C1O. The van der Waals surface area contributed by atoms with Crippen molar-refractivity contribution < 1.29 is 24.1 Å². The lowest BCUT2D eigenvalue weighted by Gasteiger charge is -2.28. The van der Waals surface area contributed by atoms with Crippen LogP contribution in [0, 0.1) is 5.92 Å². The first-order valence-electron chi connectivity index (χ1n) is 9.10. The van der Waals surface area contributed by atoms with Crippen LogP contribution in [-0.2, 0) is 19.0 Å². The van der Waals surface area contributed by atoms with E-state index < -0.39 is 6.10 Å². The standard InChI is InChI=1S/C17H30N2O5/c1-22-10-13-3-2-6-19(13)9-15-16(20)14(11-24-15)18-17(21)12-4-7-23-8-5-12/h12-16,20H,2-11H2,1H3,(H,18,21). The molecule has 0 saturated carbocycles. The number of carbonyl (C=O) groups is 1. The van der Waals surface area contributed by atoms with Crippen LogP contribution in [0.2, 0.25) is 0 Å². The normalized spacial score (nSPS) is 35.4. The third-order valence-electron chi connectivity index (χ3n) is 5.48. The lowest BCUT2D eigenvalue weighted by molar-refractivity contribution is -0.129. The topological polar surface area (TPSA) is 80.3 Å². The number of amides is 1. The van der Waals surface area contributed by atoms with E-state index in [0.29, 0.717) is 39.0 Å². The molecule has 0 aromatic heterocycles. The number of aliphatic hydroxyl groups excluding tert-OH is 1. The number of nitrogens with one attached hydrogen (secondary N) is 1. The molecule has 1 amide bonds. The van der Waals surface area contributed by atoms with Gasteiger partial charge >= 0.3 is 0 Å². The van der Waals surface area contributed by atoms with E-state index >= 15 is 0 Å². The number of likely N-dealkylation sites (tertiary alicyclic amines) is 1. The average molecular weight is 342 g/mol. The third kappa shape index (κ3) is 4.26. The van der Waals surface area contributed by atoms with Crippen molar-refractivity contribution in [1.29, 1.82) is 0 Å². The lowest BCUT2D eigenvalue weighted by atomic mass is 9.98. The first kappa shape index (κ1) is 18.1. The van der Waals surface area contributed by atoms with E-state index in [9.17, 15) is 9.90 Å². The molecule has 7 nitrogen and oxygen atoms in total. The van der Waals surface area contributed by atoms with Crippen molar-refractivity contribution in [3.8, 4) is 0 Å². The van der Waals surface area contributed by atoms with Crippen LogP contribution in [0.5, 0.6) is 0 Å². The van der Waals surface area contributed by atoms with Gasteiger partial charge in [0.15, 0.2) is 0 Å². The van der Waals surface area contributed by atoms with Gasteiger partial charge in [0.1, 0.15) is 6.10 Å². The van der Waals surface area contributed by atoms with E-state index in [1.54, 1.807) is 7.11 Å². The Hall–Kier alpha value is -0.730. The minimum absolute atomic E-state index is 0.00494. The van der Waals surface area contributed by atoms with Gasteiger partial charge < -0.3 is 24.6 Å². The molecule has 2 N–H and O–H groups in total. The molecule has 4 unspecified atom stereocenters. The maximum absolute atomic E-state index is 12.3. The van der Waals surface area contributed by atoms with Crippen LogP contribution < -0.4 is 5.32 Å². The first-order chi connectivity index (χ1) is 11.7. The van der Waals surface area contributed by atoms with Crippen molar-refractivity contribution in [3.63, 3.8) is 0 Å². The van der Waals surface area contributed by atoms with Crippen molar-refractivity contribution >= 4 is 5.91 Å². The van der Waals surface area contributed by atoms with Crippen LogP contribution in [0.4, 0.5) is 0 Å². The average Bonchev–Trinajstić information content (AvgIpc) is 3.18. The quantitative estimate of drug-likeness (QED) is 0.694. The second-order valence-corrected chi connectivity index (χ2v) is 7.11. The fraction of sp³-hybridized carbons (Fsp3) is 0.941. The summed E-state index contributed by atoms with van der Waals surface area (Å²) < 4.78 is 16.4. The van der Waals surface area contributed by atoms with E-state index in [0.717, 1.165) is 32.2 Å². The predicted molar refractivity (Wildman–Crippen MR) is 87.7 cm³/mol. The molecule has 3 saturated heterocycles. The Balaban J connectivity index is 1.47. The molecule has 3 aliphatic heterocycles. The maximum Gasteiger partial charge on any atom is 0.223 e. The molecule has 0 aliphatic carbocycles. The molecule has 7 heteroatoms. The van der Waals surface area contributed by atoms with Crippen molar-refractivity contribution in [2.24, 2.45) is 5.92 Å². The summed E-state index contributed by atoms with van der Waals surface area (Å²) in [6.07, 6.45) is 2.89. The van der Waals surface area contributed by atoms with Crippen molar-refractivity contribution in [3.05, 3.63) is 0 Å². The summed E-state index contributed by atoms with van der Waals surface area (Å²) in [5, 5.41) is 13.5. The zero-order chi connectivity index (χ0) is 16.9. The van der Waals surface area contributed by atoms with E-state index in [-0.39, 0.29) is 24.0 Å². The highest BCUT2D eigenvalue weighted by molar-refractivity contribution is 5.79. The Labute approximate surface area is 143 Å². The second kappa shape index (κ2) is 8.58. The van der Waals surface area contributed by atoms with Gasteiger partial charge in [-0.1, -0.05) is 0 Å². The molecule has 3 aliphatic rings. The van der Waals surface area contributed by atoms with Crippen molar-refractivity contribution in [2.45, 2.75) is 50.0 Å². The summed E-state index contributed by atoms with van der Waals surface area (Å²) in [6, 6.07) is 0.0931. The number of ether oxygens (including phenoxy) is 3. The highest BCUT2D eigenvalue weighted by Gasteiger charge is 2.40. The molecule has 0 aromatic carbocycles. The van der Waals surface area contributed by atoms with Crippen LogP contribution in [0.1, 0.15) is 25.7 Å². The largest absolute Gasteiger partial charge is 0.388 e. The molecule has 3 heterocycles. The van der Waals surface area contributed by atoms with Crippen LogP contribution >= 0.6 is 0 Å². The Morgan fingerprint density at radius 3 is 2.88 bits per heavy atom. The molecule has 3 fully saturated rings. The van der Waals surface area contributed by atoms with Gasteiger partial charge in [-0.15, -0.1) is 0 Å². The highest BCUT2D eigenvalue weighted by atomic mass is 16.5. The second-order valence-electron chi connectivity index (χ2n) is 7.11. The zero-order valence-corrected chi connectivity index (χ0v) is 14.5. The summed E-state index contributed by atoms with van der Waals surface area (Å²) in [5.74, 6) is 0.0136. The van der Waals surface area contributed by atoms with Gasteiger partial charge in [-0.05, 0) is 32.2 Å². The number of nitrogens with zero attached hydrogens (tertiary/aromatic N) is 1. The highest BCUT2D eigenvalue weighted by Crippen LogP contribution is 2.23. The molecule has 0 spiro atoms. The van der Waals surface area contributed by atoms with Gasteiger partial charge in [0.25, 0.3) is 0 Å². The summed E-state index contributed by atoms with van der Waals surface area (Å²) in [6.45, 7) is 4.08. The molecule has 0 aromatic rings. The monoisotopic (exact) mass is 342 g/mol. The summed E-state index contributed by atoms with van der Waals surface area (Å²) in [5.41, 5.74) is 0. The van der Waals surface area contributed by atoms with Crippen molar-refractivity contribution in [1.82, 2.24) is 10.2 Å². The zero-order valence-electron chi connectivity index (χ0n) is 14.5. The van der Waals surface area contributed by atoms with Gasteiger partial charge in [-0.25, -0.2) is 0 Å². The first-order valence-corrected chi connectivity index (χ1v) is 9.10. The van der Waals surface area contributed by atoms with Gasteiger partial charge in [-0.2, -0.15) is 0 Å². The molecule has 4 atom stereocenters. The summed E-state index contributed by atoms with van der Waals surface area (Å²) >= 11 is 0. The minimum atomic E-state index is -0.655. The minimum Gasteiger partial charge on any atom is -0.388 e. The summed E-state index contributed by atoms with van der Waals surface area (Å²) in [4.78, 5) is 14.7. The van der Waals surface area contributed by atoms with Gasteiger partial charge in [0.2, 0.25) is 5.91 Å².